The predicted molar refractivity (Wildman–Crippen MR) is 89.8 cm³/mol. The highest BCUT2D eigenvalue weighted by Gasteiger charge is 2.33. The van der Waals surface area contributed by atoms with Gasteiger partial charge in [0.05, 0.1) is 12.4 Å². The van der Waals surface area contributed by atoms with Gasteiger partial charge in [0.1, 0.15) is 18.3 Å². The van der Waals surface area contributed by atoms with Gasteiger partial charge in [0.25, 0.3) is 5.88 Å². The Morgan fingerprint density at radius 3 is 2.79 bits per heavy atom. The number of hydrogen-bond acceptors (Lipinski definition) is 5. The first-order valence-electron chi connectivity index (χ1n) is 8.32. The molecule has 3 aromatic rings. The summed E-state index contributed by atoms with van der Waals surface area (Å²) in [5.74, 6) is 1.71. The average molecular weight is 324 g/mol. The molecule has 124 valence electrons. The topological polar surface area (TPSA) is 62.1 Å². The molecule has 0 bridgehead atoms. The molecule has 1 aliphatic heterocycles. The Hall–Kier alpha value is -2.47. The highest BCUT2D eigenvalue weighted by molar-refractivity contribution is 5.76. The van der Waals surface area contributed by atoms with Crippen LogP contribution < -0.4 is 4.74 Å². The number of rotatable bonds is 4. The van der Waals surface area contributed by atoms with Gasteiger partial charge in [-0.15, -0.1) is 0 Å². The minimum Gasteiger partial charge on any atom is -0.437 e. The first-order valence-corrected chi connectivity index (χ1v) is 8.32. The lowest BCUT2D eigenvalue weighted by Crippen LogP contribution is -2.12. The fourth-order valence-corrected chi connectivity index (χ4v) is 3.26. The predicted octanol–water partition coefficient (Wildman–Crippen LogP) is 3.95. The van der Waals surface area contributed by atoms with Gasteiger partial charge < -0.3 is 9.47 Å². The lowest BCUT2D eigenvalue weighted by atomic mass is 10.0. The summed E-state index contributed by atoms with van der Waals surface area (Å²) in [5, 5.41) is 0. The van der Waals surface area contributed by atoms with Gasteiger partial charge in [-0.25, -0.2) is 9.97 Å². The van der Waals surface area contributed by atoms with Gasteiger partial charge in [0.15, 0.2) is 11.2 Å². The lowest BCUT2D eigenvalue weighted by Gasteiger charge is -2.14. The van der Waals surface area contributed by atoms with Crippen molar-refractivity contribution in [1.29, 1.82) is 0 Å². The number of benzene rings is 1. The summed E-state index contributed by atoms with van der Waals surface area (Å²) in [6, 6.07) is 9.56. The summed E-state index contributed by atoms with van der Waals surface area (Å²) in [6.45, 7) is 4.38. The van der Waals surface area contributed by atoms with E-state index in [9.17, 15) is 0 Å². The molecule has 0 N–H and O–H groups in total. The van der Waals surface area contributed by atoms with Crippen LogP contribution in [0.25, 0.3) is 11.2 Å². The molecule has 3 atom stereocenters. The standard InChI is InChI=1S/C18H20N4O2/c1-3-14-12(2)9-15(24-14)22-11-21-16-17(22)19-10-20-18(16)23-13-7-5-4-6-8-13/h4-8,10-12,14-15H,3,9H2,1-2H3/t12-,14-,15-/m1/s1. The second kappa shape index (κ2) is 6.20. The van der Waals surface area contributed by atoms with Crippen LogP contribution in [0.4, 0.5) is 0 Å². The number of nitrogens with zero attached hydrogens (tertiary/aromatic N) is 4. The highest BCUT2D eigenvalue weighted by Crippen LogP contribution is 2.36. The smallest absolute Gasteiger partial charge is 0.250 e. The maximum Gasteiger partial charge on any atom is 0.250 e. The van der Waals surface area contributed by atoms with Crippen LogP contribution in [0.2, 0.25) is 0 Å². The number of hydrogen-bond donors (Lipinski definition) is 0. The Kier molecular flexibility index (Phi) is 3.90. The summed E-state index contributed by atoms with van der Waals surface area (Å²) < 4.78 is 14.0. The molecule has 1 aromatic carbocycles. The summed E-state index contributed by atoms with van der Waals surface area (Å²) >= 11 is 0. The van der Waals surface area contributed by atoms with Crippen molar-refractivity contribution < 1.29 is 9.47 Å². The van der Waals surface area contributed by atoms with Crippen LogP contribution >= 0.6 is 0 Å². The normalized spacial score (nSPS) is 23.7. The van der Waals surface area contributed by atoms with Crippen molar-refractivity contribution in [3.8, 4) is 11.6 Å². The molecule has 2 aromatic heterocycles. The van der Waals surface area contributed by atoms with Gasteiger partial charge in [-0.05, 0) is 30.9 Å². The zero-order valence-electron chi connectivity index (χ0n) is 13.8. The molecule has 24 heavy (non-hydrogen) atoms. The third-order valence-corrected chi connectivity index (χ3v) is 4.54. The molecule has 0 spiro atoms. The van der Waals surface area contributed by atoms with E-state index in [0.29, 0.717) is 17.3 Å². The Morgan fingerprint density at radius 1 is 1.21 bits per heavy atom. The van der Waals surface area contributed by atoms with Gasteiger partial charge in [-0.3, -0.25) is 4.57 Å². The first-order chi connectivity index (χ1) is 11.8. The van der Waals surface area contributed by atoms with Gasteiger partial charge in [0, 0.05) is 0 Å². The molecule has 0 unspecified atom stereocenters. The summed E-state index contributed by atoms with van der Waals surface area (Å²) in [6.07, 6.45) is 5.51. The molecule has 6 nitrogen and oxygen atoms in total. The van der Waals surface area contributed by atoms with E-state index in [1.165, 1.54) is 6.33 Å². The quantitative estimate of drug-likeness (QED) is 0.727. The Bertz CT molecular complexity index is 833. The van der Waals surface area contributed by atoms with Crippen LogP contribution in [0, 0.1) is 5.92 Å². The molecule has 1 saturated heterocycles. The molecule has 1 fully saturated rings. The number of para-hydroxylation sites is 1. The fourth-order valence-electron chi connectivity index (χ4n) is 3.26. The minimum absolute atomic E-state index is 0.0329. The molecule has 0 saturated carbocycles. The van der Waals surface area contributed by atoms with Crippen LogP contribution in [-0.2, 0) is 4.74 Å². The van der Waals surface area contributed by atoms with Crippen LogP contribution in [0.3, 0.4) is 0 Å². The van der Waals surface area contributed by atoms with E-state index < -0.39 is 0 Å². The molecule has 0 amide bonds. The highest BCUT2D eigenvalue weighted by atomic mass is 16.5. The van der Waals surface area contributed by atoms with E-state index in [2.05, 4.69) is 28.8 Å². The maximum atomic E-state index is 6.16. The van der Waals surface area contributed by atoms with Crippen molar-refractivity contribution in [1.82, 2.24) is 19.5 Å². The third-order valence-electron chi connectivity index (χ3n) is 4.54. The van der Waals surface area contributed by atoms with Crippen molar-refractivity contribution in [2.24, 2.45) is 5.92 Å². The monoisotopic (exact) mass is 324 g/mol. The Morgan fingerprint density at radius 2 is 2.04 bits per heavy atom. The minimum atomic E-state index is -0.0329. The van der Waals surface area contributed by atoms with Crippen molar-refractivity contribution >= 4 is 11.2 Å². The van der Waals surface area contributed by atoms with Gasteiger partial charge in [0.2, 0.25) is 0 Å². The summed E-state index contributed by atoms with van der Waals surface area (Å²) in [4.78, 5) is 13.1. The van der Waals surface area contributed by atoms with Crippen LogP contribution in [0.5, 0.6) is 11.6 Å². The molecular formula is C18H20N4O2. The van der Waals surface area contributed by atoms with E-state index in [1.54, 1.807) is 6.33 Å². The molecule has 1 aliphatic rings. The second-order valence-electron chi connectivity index (χ2n) is 6.17. The maximum absolute atomic E-state index is 6.16. The van der Waals surface area contributed by atoms with Crippen LogP contribution in [-0.4, -0.2) is 25.6 Å². The fraction of sp³-hybridized carbons (Fsp3) is 0.389. The molecule has 4 rings (SSSR count). The van der Waals surface area contributed by atoms with Crippen LogP contribution in [0.1, 0.15) is 32.9 Å². The molecule has 6 heteroatoms. The van der Waals surface area contributed by atoms with Gasteiger partial charge in [-0.2, -0.15) is 4.98 Å². The van der Waals surface area contributed by atoms with E-state index in [1.807, 2.05) is 34.9 Å². The van der Waals surface area contributed by atoms with Crippen molar-refractivity contribution in [3.05, 3.63) is 43.0 Å². The second-order valence-corrected chi connectivity index (χ2v) is 6.17. The van der Waals surface area contributed by atoms with Crippen LogP contribution in [0.15, 0.2) is 43.0 Å². The lowest BCUT2D eigenvalue weighted by molar-refractivity contribution is -0.00304. The number of fused-ring (bicyclic) bond motifs is 1. The van der Waals surface area contributed by atoms with Crippen molar-refractivity contribution in [3.63, 3.8) is 0 Å². The van der Waals surface area contributed by atoms with Crippen molar-refractivity contribution in [2.75, 3.05) is 0 Å². The zero-order valence-corrected chi connectivity index (χ0v) is 13.8. The molecule has 0 aliphatic carbocycles. The van der Waals surface area contributed by atoms with Gasteiger partial charge >= 0.3 is 0 Å². The molecule has 3 heterocycles. The molecule has 0 radical (unpaired) electrons. The average Bonchev–Trinajstić information content (AvgIpc) is 3.19. The van der Waals surface area contributed by atoms with E-state index in [-0.39, 0.29) is 12.3 Å². The van der Waals surface area contributed by atoms with Gasteiger partial charge in [-0.1, -0.05) is 32.0 Å². The largest absolute Gasteiger partial charge is 0.437 e. The number of imidazole rings is 1. The summed E-state index contributed by atoms with van der Waals surface area (Å²) in [7, 11) is 0. The van der Waals surface area contributed by atoms with Crippen molar-refractivity contribution in [2.45, 2.75) is 39.0 Å². The Labute approximate surface area is 140 Å². The number of ether oxygens (including phenoxy) is 2. The third kappa shape index (κ3) is 2.63. The van der Waals surface area contributed by atoms with E-state index in [0.717, 1.165) is 24.2 Å². The SMILES string of the molecule is CC[C@H]1O[C@@H](n2cnc3c(Oc4ccccc4)ncnc32)C[C@H]1C. The summed E-state index contributed by atoms with van der Waals surface area (Å²) in [5.41, 5.74) is 1.39. The van der Waals surface area contributed by atoms with E-state index >= 15 is 0 Å². The first kappa shape index (κ1) is 15.1. The van der Waals surface area contributed by atoms with E-state index in [4.69, 9.17) is 9.47 Å². The molecular weight excluding hydrogens is 304 g/mol. The zero-order chi connectivity index (χ0) is 16.5. The Balaban J connectivity index is 1.67. The number of aromatic nitrogens is 4.